The van der Waals surface area contributed by atoms with Crippen LogP contribution in [0, 0.1) is 23.2 Å². The Kier molecular flexibility index (Phi) is 7.00. The number of halogens is 6. The molecule has 8 heteroatoms. The summed E-state index contributed by atoms with van der Waals surface area (Å²) in [7, 11) is 0. The molecule has 0 aliphatic rings. The number of hydrogen-bond donors (Lipinski definition) is 0. The van der Waals surface area contributed by atoms with Crippen molar-refractivity contribution in [1.29, 1.82) is 0 Å². The smallest absolute Gasteiger partial charge is 0.434 e. The largest absolute Gasteiger partial charge is 0.443 e. The molecule has 2 unspecified atom stereocenters. The van der Waals surface area contributed by atoms with Gasteiger partial charge in [-0.15, -0.1) is 0 Å². The molecule has 0 aromatic heterocycles. The Morgan fingerprint density at radius 1 is 0.913 bits per heavy atom. The van der Waals surface area contributed by atoms with Crippen LogP contribution >= 0.6 is 0 Å². The van der Waals surface area contributed by atoms with Gasteiger partial charge in [0.1, 0.15) is 0 Å². The third-order valence-electron chi connectivity index (χ3n) is 3.90. The lowest BCUT2D eigenvalue weighted by Gasteiger charge is -2.33. The summed E-state index contributed by atoms with van der Waals surface area (Å²) in [5, 5.41) is 0. The van der Waals surface area contributed by atoms with Crippen LogP contribution in [0.2, 0.25) is 0 Å². The number of hydrogen-bond acceptors (Lipinski definition) is 2. The van der Waals surface area contributed by atoms with E-state index in [4.69, 9.17) is 0 Å². The minimum atomic E-state index is -5.69. The van der Waals surface area contributed by atoms with E-state index in [1.165, 1.54) is 0 Å². The highest BCUT2D eigenvalue weighted by Gasteiger charge is 2.60. The zero-order valence-corrected chi connectivity index (χ0v) is 14.1. The van der Waals surface area contributed by atoms with Crippen LogP contribution in [-0.4, -0.2) is 24.4 Å². The van der Waals surface area contributed by atoms with Crippen LogP contribution < -0.4 is 0 Å². The van der Waals surface area contributed by atoms with E-state index in [0.717, 1.165) is 0 Å². The van der Waals surface area contributed by atoms with Gasteiger partial charge in [0.15, 0.2) is 0 Å². The monoisotopic (exact) mass is 350 g/mol. The Labute approximate surface area is 132 Å². The standard InChI is InChI=1S/C15H24F6O2/c1-8(2)9(3)7-10(13(4,5)6)11(22)23-12(14(16,17)18)15(19,20)21/h8-10,12H,7H2,1-6H3. The number of alkyl halides is 6. The van der Waals surface area contributed by atoms with Gasteiger partial charge >= 0.3 is 18.3 Å². The van der Waals surface area contributed by atoms with Crippen LogP contribution in [0.1, 0.15) is 48.0 Å². The molecule has 138 valence electrons. The summed E-state index contributed by atoms with van der Waals surface area (Å²) < 4.78 is 79.0. The fourth-order valence-corrected chi connectivity index (χ4v) is 1.96. The van der Waals surface area contributed by atoms with Crippen molar-refractivity contribution in [3.63, 3.8) is 0 Å². The van der Waals surface area contributed by atoms with Gasteiger partial charge in [0, 0.05) is 0 Å². The SMILES string of the molecule is CC(C)C(C)CC(C(=O)OC(C(F)(F)F)C(F)(F)F)C(C)(C)C. The minimum Gasteiger partial charge on any atom is -0.443 e. The van der Waals surface area contributed by atoms with Crippen molar-refractivity contribution in [1.82, 2.24) is 0 Å². The fourth-order valence-electron chi connectivity index (χ4n) is 1.96. The Morgan fingerprint density at radius 2 is 1.30 bits per heavy atom. The molecule has 0 bridgehead atoms. The molecule has 0 spiro atoms. The first-order valence-corrected chi connectivity index (χ1v) is 7.31. The number of ether oxygens (including phenoxy) is 1. The van der Waals surface area contributed by atoms with E-state index in [1.54, 1.807) is 27.7 Å². The van der Waals surface area contributed by atoms with E-state index in [9.17, 15) is 31.1 Å². The van der Waals surface area contributed by atoms with Gasteiger partial charge in [-0.05, 0) is 23.7 Å². The summed E-state index contributed by atoms with van der Waals surface area (Å²) in [4.78, 5) is 12.0. The zero-order chi connectivity index (χ0) is 18.8. The number of carbonyl (C=O) groups excluding carboxylic acids is 1. The van der Waals surface area contributed by atoms with Gasteiger partial charge in [0.2, 0.25) is 0 Å². The Morgan fingerprint density at radius 3 is 1.57 bits per heavy atom. The third-order valence-corrected chi connectivity index (χ3v) is 3.90. The van der Waals surface area contributed by atoms with Crippen molar-refractivity contribution in [2.24, 2.45) is 23.2 Å². The van der Waals surface area contributed by atoms with Gasteiger partial charge in [-0.1, -0.05) is 41.5 Å². The molecule has 2 nitrogen and oxygen atoms in total. The molecule has 0 fully saturated rings. The number of esters is 1. The zero-order valence-electron chi connectivity index (χ0n) is 14.1. The van der Waals surface area contributed by atoms with E-state index < -0.39 is 35.8 Å². The van der Waals surface area contributed by atoms with Crippen LogP contribution in [0.4, 0.5) is 26.3 Å². The maximum atomic E-state index is 12.5. The van der Waals surface area contributed by atoms with Crippen LogP contribution in [-0.2, 0) is 9.53 Å². The van der Waals surface area contributed by atoms with Gasteiger partial charge in [-0.2, -0.15) is 26.3 Å². The Balaban J connectivity index is 5.38. The molecule has 2 atom stereocenters. The molecule has 0 amide bonds. The third kappa shape index (κ3) is 6.99. The molecule has 0 radical (unpaired) electrons. The lowest BCUT2D eigenvalue weighted by atomic mass is 9.74. The highest BCUT2D eigenvalue weighted by atomic mass is 19.4. The molecule has 0 aliphatic carbocycles. The van der Waals surface area contributed by atoms with E-state index in [0.29, 0.717) is 0 Å². The van der Waals surface area contributed by atoms with Crippen molar-refractivity contribution >= 4 is 5.97 Å². The Bertz CT molecular complexity index is 378. The van der Waals surface area contributed by atoms with E-state index in [-0.39, 0.29) is 18.3 Å². The Hall–Kier alpha value is -0.950. The molecule has 0 heterocycles. The van der Waals surface area contributed by atoms with Crippen molar-refractivity contribution in [2.75, 3.05) is 0 Å². The number of rotatable bonds is 5. The molecule has 0 N–H and O–H groups in total. The highest BCUT2D eigenvalue weighted by molar-refractivity contribution is 5.73. The van der Waals surface area contributed by atoms with Crippen molar-refractivity contribution in [2.45, 2.75) is 66.4 Å². The first-order chi connectivity index (χ1) is 9.98. The molecular formula is C15H24F6O2. The molecule has 0 saturated heterocycles. The van der Waals surface area contributed by atoms with Gasteiger partial charge < -0.3 is 4.74 Å². The maximum Gasteiger partial charge on any atom is 0.434 e. The van der Waals surface area contributed by atoms with E-state index in [1.807, 2.05) is 13.8 Å². The van der Waals surface area contributed by atoms with Crippen LogP contribution in [0.15, 0.2) is 0 Å². The molecule has 0 aromatic rings. The molecular weight excluding hydrogens is 326 g/mol. The molecule has 0 saturated carbocycles. The second kappa shape index (κ2) is 7.30. The quantitative estimate of drug-likeness (QED) is 0.492. The van der Waals surface area contributed by atoms with Crippen molar-refractivity contribution in [3.05, 3.63) is 0 Å². The normalized spacial score (nSPS) is 16.6. The summed E-state index contributed by atoms with van der Waals surface area (Å²) in [6.45, 7) is 10.3. The second-order valence-electron chi connectivity index (χ2n) is 7.28. The number of carbonyl (C=O) groups is 1. The molecule has 0 aromatic carbocycles. The first-order valence-electron chi connectivity index (χ1n) is 7.31. The predicted octanol–water partition coefficient (Wildman–Crippen LogP) is 5.37. The lowest BCUT2D eigenvalue weighted by molar-refractivity contribution is -0.315. The van der Waals surface area contributed by atoms with E-state index >= 15 is 0 Å². The first kappa shape index (κ1) is 22.1. The van der Waals surface area contributed by atoms with Gasteiger partial charge in [-0.25, -0.2) is 0 Å². The van der Waals surface area contributed by atoms with Gasteiger partial charge in [-0.3, -0.25) is 4.79 Å². The van der Waals surface area contributed by atoms with Crippen molar-refractivity contribution in [3.8, 4) is 0 Å². The fraction of sp³-hybridized carbons (Fsp3) is 0.933. The predicted molar refractivity (Wildman–Crippen MR) is 73.6 cm³/mol. The summed E-state index contributed by atoms with van der Waals surface area (Å²) in [6.07, 6.45) is -15.3. The van der Waals surface area contributed by atoms with Crippen LogP contribution in [0.3, 0.4) is 0 Å². The average Bonchev–Trinajstić information content (AvgIpc) is 2.27. The highest BCUT2D eigenvalue weighted by Crippen LogP contribution is 2.39. The molecule has 23 heavy (non-hydrogen) atoms. The minimum absolute atomic E-state index is 0.0537. The molecule has 0 aliphatic heterocycles. The van der Waals surface area contributed by atoms with Crippen molar-refractivity contribution < 1.29 is 35.9 Å². The summed E-state index contributed by atoms with van der Waals surface area (Å²) in [5.74, 6) is -2.45. The lowest BCUT2D eigenvalue weighted by Crippen LogP contribution is -2.47. The maximum absolute atomic E-state index is 12.5. The topological polar surface area (TPSA) is 26.3 Å². The second-order valence-corrected chi connectivity index (χ2v) is 7.28. The summed E-state index contributed by atoms with van der Waals surface area (Å²) in [6, 6.07) is 0. The van der Waals surface area contributed by atoms with E-state index in [2.05, 4.69) is 4.74 Å². The van der Waals surface area contributed by atoms with Gasteiger partial charge in [0.05, 0.1) is 5.92 Å². The summed E-state index contributed by atoms with van der Waals surface area (Å²) >= 11 is 0. The van der Waals surface area contributed by atoms with Crippen LogP contribution in [0.25, 0.3) is 0 Å². The van der Waals surface area contributed by atoms with Crippen LogP contribution in [0.5, 0.6) is 0 Å². The summed E-state index contributed by atoms with van der Waals surface area (Å²) in [5.41, 5.74) is -0.817. The molecule has 0 rings (SSSR count). The van der Waals surface area contributed by atoms with Gasteiger partial charge in [0.25, 0.3) is 6.10 Å². The average molecular weight is 350 g/mol.